The van der Waals surface area contributed by atoms with Crippen molar-refractivity contribution in [3.8, 4) is 11.1 Å². The molecule has 1 unspecified atom stereocenters. The molecule has 1 heterocycles. The first-order chi connectivity index (χ1) is 11.8. The molecule has 0 saturated heterocycles. The summed E-state index contributed by atoms with van der Waals surface area (Å²) >= 11 is 0. The summed E-state index contributed by atoms with van der Waals surface area (Å²) in [5, 5.41) is 3.54. The molecular weight excluding hydrogens is 292 g/mol. The van der Waals surface area contributed by atoms with Gasteiger partial charge in [0.05, 0.1) is 11.2 Å². The summed E-state index contributed by atoms with van der Waals surface area (Å²) in [6.07, 6.45) is 0.864. The molecule has 0 bridgehead atoms. The third-order valence-electron chi connectivity index (χ3n) is 4.62. The number of benzene rings is 3. The van der Waals surface area contributed by atoms with Crippen LogP contribution in [0.2, 0.25) is 0 Å². The Morgan fingerprint density at radius 2 is 1.58 bits per heavy atom. The number of nitrogens with zero attached hydrogens (tertiary/aromatic N) is 1. The SMILES string of the molecule is CCC(N)c1nc2c(ccc3ccccc32)cc1-c1ccccc1. The van der Waals surface area contributed by atoms with Crippen LogP contribution in [0.5, 0.6) is 0 Å². The van der Waals surface area contributed by atoms with Gasteiger partial charge < -0.3 is 5.73 Å². The molecule has 1 atom stereocenters. The molecule has 1 aromatic heterocycles. The summed E-state index contributed by atoms with van der Waals surface area (Å²) in [5.74, 6) is 0. The Kier molecular flexibility index (Phi) is 3.75. The first-order valence-electron chi connectivity index (χ1n) is 8.41. The van der Waals surface area contributed by atoms with Gasteiger partial charge in [-0.1, -0.05) is 73.7 Å². The van der Waals surface area contributed by atoms with E-state index in [1.165, 1.54) is 16.3 Å². The second kappa shape index (κ2) is 6.06. The minimum atomic E-state index is -0.0661. The normalized spacial score (nSPS) is 12.6. The van der Waals surface area contributed by atoms with Gasteiger partial charge in [-0.3, -0.25) is 0 Å². The Morgan fingerprint density at radius 1 is 0.875 bits per heavy atom. The minimum Gasteiger partial charge on any atom is -0.323 e. The predicted octanol–water partition coefficient (Wildman–Crippen LogP) is 5.46. The van der Waals surface area contributed by atoms with Gasteiger partial charge in [-0.15, -0.1) is 0 Å². The monoisotopic (exact) mass is 312 g/mol. The number of pyridine rings is 1. The zero-order valence-corrected chi connectivity index (χ0v) is 13.7. The van der Waals surface area contributed by atoms with Crippen molar-refractivity contribution in [2.24, 2.45) is 5.73 Å². The molecule has 0 amide bonds. The van der Waals surface area contributed by atoms with Crippen LogP contribution in [-0.2, 0) is 0 Å². The molecule has 0 spiro atoms. The highest BCUT2D eigenvalue weighted by atomic mass is 14.8. The van der Waals surface area contributed by atoms with Gasteiger partial charge in [0, 0.05) is 22.4 Å². The van der Waals surface area contributed by atoms with Gasteiger partial charge in [0.25, 0.3) is 0 Å². The Balaban J connectivity index is 2.07. The van der Waals surface area contributed by atoms with Gasteiger partial charge >= 0.3 is 0 Å². The van der Waals surface area contributed by atoms with E-state index in [9.17, 15) is 0 Å². The third kappa shape index (κ3) is 2.45. The van der Waals surface area contributed by atoms with Crippen molar-refractivity contribution in [1.82, 2.24) is 4.98 Å². The van der Waals surface area contributed by atoms with Crippen molar-refractivity contribution in [2.75, 3.05) is 0 Å². The second-order valence-corrected chi connectivity index (χ2v) is 6.16. The van der Waals surface area contributed by atoms with Crippen LogP contribution in [0.4, 0.5) is 0 Å². The minimum absolute atomic E-state index is 0.0661. The van der Waals surface area contributed by atoms with Crippen molar-refractivity contribution in [3.05, 3.63) is 78.5 Å². The predicted molar refractivity (Wildman–Crippen MR) is 102 cm³/mol. The summed E-state index contributed by atoms with van der Waals surface area (Å²) < 4.78 is 0. The van der Waals surface area contributed by atoms with E-state index >= 15 is 0 Å². The molecule has 118 valence electrons. The maximum absolute atomic E-state index is 6.41. The van der Waals surface area contributed by atoms with Crippen molar-refractivity contribution in [3.63, 3.8) is 0 Å². The van der Waals surface area contributed by atoms with E-state index in [0.717, 1.165) is 28.6 Å². The van der Waals surface area contributed by atoms with Crippen LogP contribution in [0, 0.1) is 0 Å². The van der Waals surface area contributed by atoms with Crippen molar-refractivity contribution in [2.45, 2.75) is 19.4 Å². The van der Waals surface area contributed by atoms with Gasteiger partial charge in [-0.2, -0.15) is 0 Å². The Bertz CT molecular complexity index is 1010. The first kappa shape index (κ1) is 14.9. The van der Waals surface area contributed by atoms with Crippen molar-refractivity contribution in [1.29, 1.82) is 0 Å². The van der Waals surface area contributed by atoms with Crippen LogP contribution < -0.4 is 5.73 Å². The van der Waals surface area contributed by atoms with E-state index in [1.54, 1.807) is 0 Å². The molecule has 2 N–H and O–H groups in total. The molecule has 0 radical (unpaired) electrons. The largest absolute Gasteiger partial charge is 0.323 e. The van der Waals surface area contributed by atoms with Crippen LogP contribution in [0.25, 0.3) is 32.8 Å². The number of rotatable bonds is 3. The average Bonchev–Trinajstić information content (AvgIpc) is 2.67. The number of hydrogen-bond acceptors (Lipinski definition) is 2. The molecule has 0 aliphatic rings. The van der Waals surface area contributed by atoms with Crippen LogP contribution in [-0.4, -0.2) is 4.98 Å². The molecule has 3 aromatic carbocycles. The highest BCUT2D eigenvalue weighted by Gasteiger charge is 2.15. The second-order valence-electron chi connectivity index (χ2n) is 6.16. The van der Waals surface area contributed by atoms with E-state index < -0.39 is 0 Å². The topological polar surface area (TPSA) is 38.9 Å². The summed E-state index contributed by atoms with van der Waals surface area (Å²) in [7, 11) is 0. The number of fused-ring (bicyclic) bond motifs is 3. The molecule has 4 aromatic rings. The number of hydrogen-bond donors (Lipinski definition) is 1. The Labute approximate surface area is 142 Å². The lowest BCUT2D eigenvalue weighted by molar-refractivity contribution is 0.681. The zero-order chi connectivity index (χ0) is 16.5. The van der Waals surface area contributed by atoms with Crippen LogP contribution in [0.15, 0.2) is 72.8 Å². The summed E-state index contributed by atoms with van der Waals surface area (Å²) in [5.41, 5.74) is 10.7. The van der Waals surface area contributed by atoms with E-state index in [4.69, 9.17) is 10.7 Å². The molecule has 0 fully saturated rings. The molecule has 0 aliphatic heterocycles. The van der Waals surface area contributed by atoms with Gasteiger partial charge in [0.1, 0.15) is 0 Å². The molecule has 2 heteroatoms. The highest BCUT2D eigenvalue weighted by molar-refractivity contribution is 6.06. The van der Waals surface area contributed by atoms with Crippen molar-refractivity contribution < 1.29 is 0 Å². The molecule has 0 aliphatic carbocycles. The Hall–Kier alpha value is -2.71. The van der Waals surface area contributed by atoms with Gasteiger partial charge in [-0.25, -0.2) is 4.98 Å². The lowest BCUT2D eigenvalue weighted by Crippen LogP contribution is -2.12. The smallest absolute Gasteiger partial charge is 0.0784 e. The highest BCUT2D eigenvalue weighted by Crippen LogP contribution is 2.33. The quantitative estimate of drug-likeness (QED) is 0.510. The van der Waals surface area contributed by atoms with Gasteiger partial charge in [0.2, 0.25) is 0 Å². The first-order valence-corrected chi connectivity index (χ1v) is 8.41. The molecule has 0 saturated carbocycles. The lowest BCUT2D eigenvalue weighted by atomic mass is 9.96. The number of aromatic nitrogens is 1. The summed E-state index contributed by atoms with van der Waals surface area (Å²) in [6.45, 7) is 2.11. The van der Waals surface area contributed by atoms with Crippen molar-refractivity contribution >= 4 is 21.7 Å². The van der Waals surface area contributed by atoms with E-state index in [2.05, 4.69) is 73.7 Å². The van der Waals surface area contributed by atoms with Gasteiger partial charge in [-0.05, 0) is 23.4 Å². The fraction of sp³-hybridized carbons (Fsp3) is 0.136. The van der Waals surface area contributed by atoms with Crippen LogP contribution in [0.3, 0.4) is 0 Å². The Morgan fingerprint density at radius 3 is 2.38 bits per heavy atom. The van der Waals surface area contributed by atoms with Crippen LogP contribution in [0.1, 0.15) is 25.1 Å². The van der Waals surface area contributed by atoms with Crippen LogP contribution >= 0.6 is 0 Å². The maximum Gasteiger partial charge on any atom is 0.0784 e. The third-order valence-corrected chi connectivity index (χ3v) is 4.62. The standard InChI is InChI=1S/C22H20N2/c1-2-20(23)22-19(15-8-4-3-5-9-15)14-17-13-12-16-10-6-7-11-18(16)21(17)24-22/h3-14,20H,2,23H2,1H3. The molecule has 24 heavy (non-hydrogen) atoms. The zero-order valence-electron chi connectivity index (χ0n) is 13.7. The average molecular weight is 312 g/mol. The molecular formula is C22H20N2. The van der Waals surface area contributed by atoms with Gasteiger partial charge in [0.15, 0.2) is 0 Å². The van der Waals surface area contributed by atoms with E-state index in [0.29, 0.717) is 0 Å². The summed E-state index contributed by atoms with van der Waals surface area (Å²) in [4.78, 5) is 5.03. The maximum atomic E-state index is 6.41. The molecule has 2 nitrogen and oxygen atoms in total. The molecule has 4 rings (SSSR count). The summed E-state index contributed by atoms with van der Waals surface area (Å²) in [6, 6.07) is 25.2. The fourth-order valence-electron chi connectivity index (χ4n) is 3.25. The van der Waals surface area contributed by atoms with E-state index in [1.807, 2.05) is 6.07 Å². The fourth-order valence-corrected chi connectivity index (χ4v) is 3.25. The van der Waals surface area contributed by atoms with E-state index in [-0.39, 0.29) is 6.04 Å². The lowest BCUT2D eigenvalue weighted by Gasteiger charge is -2.16. The number of nitrogens with two attached hydrogens (primary N) is 1.